The van der Waals surface area contributed by atoms with E-state index in [9.17, 15) is 0 Å². The lowest BCUT2D eigenvalue weighted by Crippen LogP contribution is -2.33. The lowest BCUT2D eigenvalue weighted by atomic mass is 9.76. The van der Waals surface area contributed by atoms with E-state index in [0.29, 0.717) is 0 Å². The Morgan fingerprint density at radius 3 is 2.27 bits per heavy atom. The van der Waals surface area contributed by atoms with Crippen LogP contribution in [-0.2, 0) is 0 Å². The zero-order chi connectivity index (χ0) is 21.7. The van der Waals surface area contributed by atoms with Gasteiger partial charge in [-0.2, -0.15) is 0 Å². The van der Waals surface area contributed by atoms with Gasteiger partial charge in [0.25, 0.3) is 0 Å². The Bertz CT molecular complexity index is 509. The van der Waals surface area contributed by atoms with E-state index < -0.39 is 0 Å². The molecule has 0 aromatic rings. The predicted octanol–water partition coefficient (Wildman–Crippen LogP) is 9.17. The normalized spacial score (nSPS) is 27.0. The zero-order valence-corrected chi connectivity index (χ0v) is 20.9. The van der Waals surface area contributed by atoms with Gasteiger partial charge < -0.3 is 0 Å². The molecular weight excluding hydrogens is 364 g/mol. The van der Waals surface area contributed by atoms with E-state index in [2.05, 4.69) is 33.9 Å². The van der Waals surface area contributed by atoms with Crippen molar-refractivity contribution in [3.8, 4) is 0 Å². The number of nitrogens with zero attached hydrogens (tertiary/aromatic N) is 2. The molecule has 2 aliphatic rings. The number of unbranched alkanes of at least 4 members (excludes halogenated alkanes) is 10. The molecule has 4 atom stereocenters. The molecule has 2 rings (SSSR count). The van der Waals surface area contributed by atoms with Gasteiger partial charge in [0, 0.05) is 12.6 Å². The predicted molar refractivity (Wildman–Crippen MR) is 135 cm³/mol. The first-order valence-electron chi connectivity index (χ1n) is 13.7. The fourth-order valence-corrected chi connectivity index (χ4v) is 5.85. The smallest absolute Gasteiger partial charge is 0.124 e. The molecule has 0 fully saturated rings. The largest absolute Gasteiger partial charge is 0.258 e. The van der Waals surface area contributed by atoms with Crippen molar-refractivity contribution in [2.45, 2.75) is 149 Å². The summed E-state index contributed by atoms with van der Waals surface area (Å²) in [5.41, 5.74) is 0.0318. The summed E-state index contributed by atoms with van der Waals surface area (Å²) in [7, 11) is 0. The molecule has 0 aromatic heterocycles. The zero-order valence-electron chi connectivity index (χ0n) is 20.9. The van der Waals surface area contributed by atoms with Crippen LogP contribution in [0.1, 0.15) is 143 Å². The Morgan fingerprint density at radius 1 is 0.933 bits per heavy atom. The maximum absolute atomic E-state index is 5.25. The van der Waals surface area contributed by atoms with Gasteiger partial charge in [-0.15, -0.1) is 0 Å². The topological polar surface area (TPSA) is 24.7 Å². The van der Waals surface area contributed by atoms with Crippen LogP contribution in [0.4, 0.5) is 0 Å². The molecule has 0 amide bonds. The average molecular weight is 417 g/mol. The summed E-state index contributed by atoms with van der Waals surface area (Å²) < 4.78 is 0. The van der Waals surface area contributed by atoms with E-state index in [-0.39, 0.29) is 5.54 Å². The first-order valence-corrected chi connectivity index (χ1v) is 13.7. The highest BCUT2D eigenvalue weighted by Gasteiger charge is 2.38. The second-order valence-electron chi connectivity index (χ2n) is 10.9. The summed E-state index contributed by atoms with van der Waals surface area (Å²) in [6.07, 6.45) is 26.9. The van der Waals surface area contributed by atoms with E-state index in [1.807, 2.05) is 0 Å². The van der Waals surface area contributed by atoms with Crippen molar-refractivity contribution >= 4 is 12.1 Å². The van der Waals surface area contributed by atoms with Crippen molar-refractivity contribution in [2.75, 3.05) is 0 Å². The van der Waals surface area contributed by atoms with Crippen LogP contribution < -0.4 is 0 Å². The van der Waals surface area contributed by atoms with Gasteiger partial charge in [-0.3, -0.25) is 4.99 Å². The molecule has 0 radical (unpaired) electrons. The molecule has 0 spiro atoms. The molecule has 0 aromatic carbocycles. The third-order valence-corrected chi connectivity index (χ3v) is 7.43. The van der Waals surface area contributed by atoms with Gasteiger partial charge in [0.2, 0.25) is 0 Å². The molecule has 0 saturated heterocycles. The average Bonchev–Trinajstić information content (AvgIpc) is 3.09. The van der Waals surface area contributed by atoms with Crippen molar-refractivity contribution < 1.29 is 0 Å². The first kappa shape index (κ1) is 25.6. The third kappa shape index (κ3) is 9.65. The fraction of sp³-hybridized carbons (Fsp3) is 0.929. The Balaban J connectivity index is 1.80. The highest BCUT2D eigenvalue weighted by molar-refractivity contribution is 5.98. The summed E-state index contributed by atoms with van der Waals surface area (Å²) in [6.45, 7) is 9.49. The van der Waals surface area contributed by atoms with Gasteiger partial charge in [-0.05, 0) is 37.0 Å². The van der Waals surface area contributed by atoms with Crippen LogP contribution in [0.25, 0.3) is 0 Å². The summed E-state index contributed by atoms with van der Waals surface area (Å²) in [4.78, 5) is 10.1. The minimum Gasteiger partial charge on any atom is -0.258 e. The summed E-state index contributed by atoms with van der Waals surface area (Å²) in [6, 6.07) is 0. The Hall–Kier alpha value is -0.660. The van der Waals surface area contributed by atoms with Crippen molar-refractivity contribution in [3.63, 3.8) is 0 Å². The number of hydrogen-bond acceptors (Lipinski definition) is 2. The van der Waals surface area contributed by atoms with Crippen LogP contribution in [0, 0.1) is 17.8 Å². The van der Waals surface area contributed by atoms with Gasteiger partial charge in [-0.25, -0.2) is 4.99 Å². The number of amidine groups is 1. The number of aliphatic imine (C=N–C) groups is 2. The first-order chi connectivity index (χ1) is 14.6. The maximum Gasteiger partial charge on any atom is 0.124 e. The molecule has 2 heteroatoms. The minimum atomic E-state index is 0.0318. The second-order valence-corrected chi connectivity index (χ2v) is 10.9. The molecule has 4 unspecified atom stereocenters. The van der Waals surface area contributed by atoms with Gasteiger partial charge in [0.1, 0.15) is 5.84 Å². The molecule has 174 valence electrons. The maximum atomic E-state index is 5.25. The molecular formula is C28H52N2. The Morgan fingerprint density at radius 2 is 1.57 bits per heavy atom. The van der Waals surface area contributed by atoms with Gasteiger partial charge in [0.05, 0.1) is 5.54 Å². The van der Waals surface area contributed by atoms with E-state index in [1.54, 1.807) is 0 Å². The standard InChI is InChI=1S/C28H52N2/c1-5-7-9-11-12-14-15-17-24(3)21-28-22-26(18-16-13-10-8-6-2)19-25(4)20-27(30-28)29-23-28/h23-26H,5-22H2,1-4H3. The molecule has 0 aliphatic carbocycles. The van der Waals surface area contributed by atoms with Crippen molar-refractivity contribution in [3.05, 3.63) is 0 Å². The fourth-order valence-electron chi connectivity index (χ4n) is 5.85. The number of hydrogen-bond donors (Lipinski definition) is 0. The summed E-state index contributed by atoms with van der Waals surface area (Å²) in [5, 5.41) is 0. The van der Waals surface area contributed by atoms with Crippen molar-refractivity contribution in [2.24, 2.45) is 27.7 Å². The van der Waals surface area contributed by atoms with Crippen LogP contribution in [0.3, 0.4) is 0 Å². The van der Waals surface area contributed by atoms with Crippen LogP contribution in [-0.4, -0.2) is 17.6 Å². The van der Waals surface area contributed by atoms with Crippen LogP contribution in [0.5, 0.6) is 0 Å². The minimum absolute atomic E-state index is 0.0318. The van der Waals surface area contributed by atoms with E-state index in [4.69, 9.17) is 9.98 Å². The molecule has 0 N–H and O–H groups in total. The van der Waals surface area contributed by atoms with Gasteiger partial charge in [-0.1, -0.05) is 118 Å². The van der Waals surface area contributed by atoms with Crippen molar-refractivity contribution in [1.29, 1.82) is 0 Å². The number of rotatable bonds is 16. The van der Waals surface area contributed by atoms with E-state index >= 15 is 0 Å². The van der Waals surface area contributed by atoms with Gasteiger partial charge in [0.15, 0.2) is 0 Å². The lowest BCUT2D eigenvalue weighted by molar-refractivity contribution is 0.270. The van der Waals surface area contributed by atoms with Gasteiger partial charge >= 0.3 is 0 Å². The molecule has 2 nitrogen and oxygen atoms in total. The van der Waals surface area contributed by atoms with Crippen LogP contribution >= 0.6 is 0 Å². The lowest BCUT2D eigenvalue weighted by Gasteiger charge is -2.33. The Labute approximate surface area is 188 Å². The highest BCUT2D eigenvalue weighted by atomic mass is 15.0. The van der Waals surface area contributed by atoms with Crippen LogP contribution in [0.2, 0.25) is 0 Å². The third-order valence-electron chi connectivity index (χ3n) is 7.43. The molecule has 2 heterocycles. The van der Waals surface area contributed by atoms with E-state index in [1.165, 1.54) is 109 Å². The monoisotopic (exact) mass is 416 g/mol. The SMILES string of the molecule is CCCCCCCCCC(C)CC12C=NC(=N1)CC(C)CC(CCCCCCC)C2. The summed E-state index contributed by atoms with van der Waals surface area (Å²) in [5.74, 6) is 3.48. The Kier molecular flexibility index (Phi) is 12.3. The molecule has 2 aliphatic heterocycles. The quantitative estimate of drug-likeness (QED) is 0.224. The molecule has 30 heavy (non-hydrogen) atoms. The summed E-state index contributed by atoms with van der Waals surface area (Å²) >= 11 is 0. The van der Waals surface area contributed by atoms with Crippen LogP contribution in [0.15, 0.2) is 9.98 Å². The van der Waals surface area contributed by atoms with E-state index in [0.717, 1.165) is 30.0 Å². The number of fused-ring (bicyclic) bond motifs is 1. The van der Waals surface area contributed by atoms with Crippen molar-refractivity contribution in [1.82, 2.24) is 0 Å². The highest BCUT2D eigenvalue weighted by Crippen LogP contribution is 2.39. The molecule has 0 saturated carbocycles. The second kappa shape index (κ2) is 14.4. The molecule has 2 bridgehead atoms.